The lowest BCUT2D eigenvalue weighted by Crippen LogP contribution is -2.58. The molecular formula is C32H42F2N4O7S2. The van der Waals surface area contributed by atoms with Gasteiger partial charge in [-0.2, -0.15) is 0 Å². The van der Waals surface area contributed by atoms with Crippen LogP contribution in [-0.2, 0) is 40.8 Å². The van der Waals surface area contributed by atoms with E-state index in [1.807, 2.05) is 0 Å². The molecule has 1 saturated carbocycles. The number of likely N-dealkylation sites (N-methyl/N-ethyl adjacent to an activating group) is 1. The van der Waals surface area contributed by atoms with Crippen LogP contribution in [0.3, 0.4) is 0 Å². The van der Waals surface area contributed by atoms with Gasteiger partial charge in [-0.05, 0) is 74.6 Å². The Hall–Kier alpha value is -3.24. The number of hydrogen-bond acceptors (Lipinski definition) is 8. The first kappa shape index (κ1) is 36.6. The number of sulfonamides is 1. The molecule has 15 heteroatoms. The molecule has 2 amide bonds. The second-order valence-corrected chi connectivity index (χ2v) is 16.4. The molecular weight excluding hydrogens is 655 g/mol. The van der Waals surface area contributed by atoms with Crippen LogP contribution in [0.5, 0.6) is 0 Å². The minimum absolute atomic E-state index is 0.0102. The Labute approximate surface area is 274 Å². The van der Waals surface area contributed by atoms with E-state index in [0.29, 0.717) is 24.0 Å². The summed E-state index contributed by atoms with van der Waals surface area (Å²) in [5.74, 6) is -3.27. The number of amides is 2. The number of carbonyl (C=O) groups excluding carboxylic acids is 2. The van der Waals surface area contributed by atoms with Crippen molar-refractivity contribution < 1.29 is 39.9 Å². The van der Waals surface area contributed by atoms with Crippen molar-refractivity contribution >= 4 is 36.6 Å². The molecule has 0 aromatic heterocycles. The Morgan fingerprint density at radius 3 is 2.28 bits per heavy atom. The van der Waals surface area contributed by atoms with Gasteiger partial charge in [0.05, 0.1) is 34.1 Å². The molecule has 1 atom stereocenters. The van der Waals surface area contributed by atoms with Crippen LogP contribution >= 0.6 is 0 Å². The summed E-state index contributed by atoms with van der Waals surface area (Å²) in [6.07, 6.45) is 4.52. The highest BCUT2D eigenvalue weighted by molar-refractivity contribution is 7.99. The number of nitrogens with one attached hydrogen (secondary N) is 2. The minimum atomic E-state index is -4.06. The maximum absolute atomic E-state index is 14.1. The Morgan fingerprint density at radius 2 is 1.72 bits per heavy atom. The van der Waals surface area contributed by atoms with Crippen molar-refractivity contribution in [3.63, 3.8) is 0 Å². The lowest BCUT2D eigenvalue weighted by Gasteiger charge is -2.38. The van der Waals surface area contributed by atoms with Crippen LogP contribution < -0.4 is 15.8 Å². The average Bonchev–Trinajstić information content (AvgIpc) is 3.20. The van der Waals surface area contributed by atoms with Gasteiger partial charge in [0.25, 0.3) is 0 Å². The number of benzene rings is 2. The molecule has 1 heterocycles. The molecule has 0 radical (unpaired) electrons. The molecule has 1 fully saturated rings. The van der Waals surface area contributed by atoms with E-state index in [0.717, 1.165) is 37.7 Å². The fourth-order valence-electron chi connectivity index (χ4n) is 5.91. The summed E-state index contributed by atoms with van der Waals surface area (Å²) in [5.41, 5.74) is 4.77. The molecule has 4 rings (SSSR count). The zero-order valence-corrected chi connectivity index (χ0v) is 28.6. The molecule has 258 valence electrons. The van der Waals surface area contributed by atoms with E-state index in [4.69, 9.17) is 10.5 Å². The fourth-order valence-corrected chi connectivity index (χ4v) is 8.52. The van der Waals surface area contributed by atoms with Gasteiger partial charge in [-0.25, -0.2) is 30.3 Å². The number of halogens is 2. The zero-order chi connectivity index (χ0) is 34.8. The van der Waals surface area contributed by atoms with E-state index < -0.39 is 60.4 Å². The van der Waals surface area contributed by atoms with Gasteiger partial charge >= 0.3 is 0 Å². The number of nitrogens with two attached hydrogens (primary N) is 1. The topological polar surface area (TPSA) is 165 Å². The molecule has 2 aromatic carbocycles. The van der Waals surface area contributed by atoms with Crippen LogP contribution in [0.4, 0.5) is 8.78 Å². The van der Waals surface area contributed by atoms with E-state index in [-0.39, 0.29) is 41.7 Å². The summed E-state index contributed by atoms with van der Waals surface area (Å²) in [7, 11) is -7.59. The van der Waals surface area contributed by atoms with Crippen LogP contribution in [0.15, 0.2) is 52.9 Å². The van der Waals surface area contributed by atoms with Crippen LogP contribution in [-0.4, -0.2) is 76.6 Å². The Kier molecular flexibility index (Phi) is 11.0. The Balaban J connectivity index is 1.70. The molecule has 0 unspecified atom stereocenters. The van der Waals surface area contributed by atoms with Gasteiger partial charge in [0.1, 0.15) is 6.04 Å². The summed E-state index contributed by atoms with van der Waals surface area (Å²) in [5, 5.41) is 2.63. The highest BCUT2D eigenvalue weighted by Gasteiger charge is 2.50. The summed E-state index contributed by atoms with van der Waals surface area (Å²) < 4.78 is 87.3. The van der Waals surface area contributed by atoms with Crippen LogP contribution in [0.2, 0.25) is 0 Å². The summed E-state index contributed by atoms with van der Waals surface area (Å²) >= 11 is 0. The third-order valence-electron chi connectivity index (χ3n) is 8.47. The van der Waals surface area contributed by atoms with Crippen molar-refractivity contribution in [2.45, 2.75) is 81.5 Å². The number of sulfone groups is 1. The maximum Gasteiger partial charge on any atom is 0.247 e. The number of carbonyl (C=O) groups is 2. The van der Waals surface area contributed by atoms with Gasteiger partial charge in [0.15, 0.2) is 21.5 Å². The van der Waals surface area contributed by atoms with E-state index in [1.165, 1.54) is 49.1 Å². The van der Waals surface area contributed by atoms with E-state index in [9.17, 15) is 35.2 Å². The lowest BCUT2D eigenvalue weighted by atomic mass is 9.76. The lowest BCUT2D eigenvalue weighted by molar-refractivity contribution is -0.139. The highest BCUT2D eigenvalue weighted by atomic mass is 32.2. The summed E-state index contributed by atoms with van der Waals surface area (Å²) in [6, 6.07) is 7.61. The molecule has 11 nitrogen and oxygen atoms in total. The third kappa shape index (κ3) is 8.44. The predicted octanol–water partition coefficient (Wildman–Crippen LogP) is 3.00. The summed E-state index contributed by atoms with van der Waals surface area (Å²) in [6.45, 7) is 4.18. The fraction of sp³-hybridized carbons (Fsp3) is 0.500. The molecule has 1 spiro atoms. The molecule has 1 aliphatic carbocycles. The Morgan fingerprint density at radius 1 is 1.09 bits per heavy atom. The van der Waals surface area contributed by atoms with Gasteiger partial charge in [0.2, 0.25) is 21.8 Å². The quantitative estimate of drug-likeness (QED) is 0.305. The normalized spacial score (nSPS) is 18.3. The van der Waals surface area contributed by atoms with Gasteiger partial charge in [0, 0.05) is 19.3 Å². The van der Waals surface area contributed by atoms with E-state index in [1.54, 1.807) is 6.92 Å². The van der Waals surface area contributed by atoms with Crippen molar-refractivity contribution in [2.24, 2.45) is 5.73 Å². The first-order valence-corrected chi connectivity index (χ1v) is 18.7. The number of nitrogens with zero attached hydrogens (tertiary/aromatic N) is 1. The maximum atomic E-state index is 14.1. The Bertz CT molecular complexity index is 1750. The average molecular weight is 697 g/mol. The van der Waals surface area contributed by atoms with Crippen molar-refractivity contribution in [1.82, 2.24) is 14.9 Å². The largest absolute Gasteiger partial charge is 0.374 e. The van der Waals surface area contributed by atoms with Gasteiger partial charge in [-0.3, -0.25) is 9.59 Å². The molecule has 4 N–H and O–H groups in total. The second-order valence-electron chi connectivity index (χ2n) is 12.7. The van der Waals surface area contributed by atoms with Crippen molar-refractivity contribution in [1.29, 1.82) is 0 Å². The molecule has 47 heavy (non-hydrogen) atoms. The van der Waals surface area contributed by atoms with Gasteiger partial charge in [-0.1, -0.05) is 37.5 Å². The molecule has 2 aliphatic rings. The highest BCUT2D eigenvalue weighted by Crippen LogP contribution is 2.46. The second kappa shape index (κ2) is 14.1. The number of hydrogen-bond donors (Lipinski definition) is 3. The first-order valence-electron chi connectivity index (χ1n) is 15.4. The monoisotopic (exact) mass is 696 g/mol. The standard InChI is InChI=1S/C32H42F2N4O7S2/c1-5-38(29(39)27(36-30(40)31(2,3)35)20-45-19-21-9-14-25(33)26(34)17-21)18-24-28(22-10-12-23(13-11-22)46(4,41)42)47(43,44)37-32(24)15-7-6-8-16-32/h9-14,17,27,37H,5-8,15-16,18-20,35H2,1-4H3,(H,36,40)/t27-/m1/s1. The number of rotatable bonds is 12. The van der Waals surface area contributed by atoms with Crippen LogP contribution in [0.1, 0.15) is 64.0 Å². The van der Waals surface area contributed by atoms with E-state index >= 15 is 0 Å². The van der Waals surface area contributed by atoms with Crippen LogP contribution in [0.25, 0.3) is 4.91 Å². The first-order chi connectivity index (χ1) is 21.9. The minimum Gasteiger partial charge on any atom is -0.374 e. The summed E-state index contributed by atoms with van der Waals surface area (Å²) in [4.78, 5) is 28.5. The third-order valence-corrected chi connectivity index (χ3v) is 11.3. The predicted molar refractivity (Wildman–Crippen MR) is 173 cm³/mol. The molecule has 2 aromatic rings. The van der Waals surface area contributed by atoms with E-state index in [2.05, 4.69) is 10.0 Å². The van der Waals surface area contributed by atoms with Crippen molar-refractivity contribution in [3.8, 4) is 0 Å². The van der Waals surface area contributed by atoms with Crippen molar-refractivity contribution in [2.75, 3.05) is 26.0 Å². The van der Waals surface area contributed by atoms with Crippen LogP contribution in [0, 0.1) is 11.6 Å². The van der Waals surface area contributed by atoms with Crippen molar-refractivity contribution in [3.05, 3.63) is 70.8 Å². The smallest absolute Gasteiger partial charge is 0.247 e. The molecule has 0 bridgehead atoms. The number of ether oxygens (including phenoxy) is 1. The zero-order valence-electron chi connectivity index (χ0n) is 26.9. The molecule has 0 saturated heterocycles. The molecule has 1 aliphatic heterocycles. The van der Waals surface area contributed by atoms with Gasteiger partial charge < -0.3 is 20.7 Å². The van der Waals surface area contributed by atoms with Gasteiger partial charge in [-0.15, -0.1) is 0 Å². The SMILES string of the molecule is CCN(CC1=C(c2ccc(S(C)(=O)=O)cc2)S(=O)(=O)NC12CCCCC2)C(=O)[C@@H](COCc1ccc(F)c(F)c1)NC(=O)C(C)(C)N.